The molecule has 0 aromatic rings. The van der Waals surface area contributed by atoms with E-state index in [-0.39, 0.29) is 0 Å². The molecule has 134 valence electrons. The van der Waals surface area contributed by atoms with E-state index in [2.05, 4.69) is 0 Å². The maximum absolute atomic E-state index is 12.5. The van der Waals surface area contributed by atoms with Crippen LogP contribution in [0.1, 0.15) is 0 Å². The molecule has 0 aliphatic heterocycles. The van der Waals surface area contributed by atoms with Gasteiger partial charge in [0.2, 0.25) is 0 Å². The van der Waals surface area contributed by atoms with Gasteiger partial charge in [-0.15, -0.1) is 0 Å². The van der Waals surface area contributed by atoms with Crippen LogP contribution >= 0.6 is 0 Å². The minimum Gasteiger partial charge on any atom is -0.189 e. The Hall–Kier alpha value is -0.880. The zero-order valence-electron chi connectivity index (χ0n) is 9.05. The zero-order valence-corrected chi connectivity index (χ0v) is 10.7. The third-order valence-electron chi connectivity index (χ3n) is 1.33. The fourth-order valence-electron chi connectivity index (χ4n) is 0.467. The Morgan fingerprint density at radius 3 is 0.818 bits per heavy atom. The predicted octanol–water partition coefficient (Wildman–Crippen LogP) is 1.90. The van der Waals surface area contributed by atoms with Crippen molar-refractivity contribution in [1.29, 1.82) is 0 Å². The molecule has 0 heterocycles. The maximum atomic E-state index is 12.5. The molecule has 0 saturated carbocycles. The minimum absolute atomic E-state index is 1.72. The molecule has 0 aliphatic rings. The van der Waals surface area contributed by atoms with E-state index in [1.54, 1.807) is 8.37 Å². The maximum Gasteiger partial charge on any atom is 0.523 e. The first-order valence-electron chi connectivity index (χ1n) is 3.96. The molecule has 0 aromatic carbocycles. The van der Waals surface area contributed by atoms with Gasteiger partial charge in [-0.3, -0.25) is 0 Å². The van der Waals surface area contributed by atoms with Crippen LogP contribution in [-0.4, -0.2) is 40.1 Å². The van der Waals surface area contributed by atoms with Gasteiger partial charge in [0.05, 0.1) is 0 Å². The van der Waals surface area contributed by atoms with Crippen molar-refractivity contribution in [2.45, 2.75) is 23.2 Å². The summed E-state index contributed by atoms with van der Waals surface area (Å²) in [7, 11) is -14.8. The second-order valence-corrected chi connectivity index (χ2v) is 6.08. The average molecular weight is 398 g/mol. The molecule has 6 nitrogen and oxygen atoms in total. The molecule has 0 aromatic heterocycles. The second-order valence-electron chi connectivity index (χ2n) is 3.00. The summed E-state index contributed by atoms with van der Waals surface area (Å²) >= 11 is 0. The summed E-state index contributed by atoms with van der Waals surface area (Å²) in [4.78, 5) is 0. The lowest BCUT2D eigenvalue weighted by molar-refractivity contribution is -0.380. The summed E-state index contributed by atoms with van der Waals surface area (Å²) in [5.41, 5.74) is -13.3. The molecule has 0 spiro atoms. The third-order valence-corrected chi connectivity index (χ3v) is 3.33. The zero-order chi connectivity index (χ0) is 18.4. The lowest BCUT2D eigenvalue weighted by atomic mass is 10.6. The smallest absolute Gasteiger partial charge is 0.189 e. The summed E-state index contributed by atoms with van der Waals surface area (Å²) in [5, 5.41) is 0. The highest BCUT2D eigenvalue weighted by Crippen LogP contribution is 2.43. The van der Waals surface area contributed by atoms with Crippen LogP contribution in [0.3, 0.4) is 0 Å². The topological polar surface area (TPSA) is 86.7 Å². The number of alkyl halides is 10. The van der Waals surface area contributed by atoms with Gasteiger partial charge < -0.3 is 0 Å². The normalized spacial score (nSPS) is 15.9. The Kier molecular flexibility index (Phi) is 5.12. The summed E-state index contributed by atoms with van der Waals surface area (Å²) in [6.07, 6.45) is -13.9. The molecule has 0 radical (unpaired) electrons. The highest BCUT2D eigenvalue weighted by atomic mass is 32.2. The number of rotatable bonds is 5. The molecule has 0 saturated heterocycles. The molecule has 0 rings (SSSR count). The van der Waals surface area contributed by atoms with E-state index in [9.17, 15) is 60.7 Å². The molecular formula is C4F10O6S2. The van der Waals surface area contributed by atoms with E-state index in [0.717, 1.165) is 0 Å². The minimum atomic E-state index is -7.42. The quantitative estimate of drug-likeness (QED) is 0.400. The van der Waals surface area contributed by atoms with Gasteiger partial charge in [-0.05, 0) is 0 Å². The number of hydrogen-bond acceptors (Lipinski definition) is 6. The second kappa shape index (κ2) is 5.34. The van der Waals surface area contributed by atoms with Crippen LogP contribution in [0.25, 0.3) is 0 Å². The Labute approximate surface area is 113 Å². The van der Waals surface area contributed by atoms with Crippen molar-refractivity contribution in [3.05, 3.63) is 0 Å². The monoisotopic (exact) mass is 398 g/mol. The van der Waals surface area contributed by atoms with Crippen LogP contribution in [-0.2, 0) is 28.6 Å². The van der Waals surface area contributed by atoms with Crippen LogP contribution in [0.5, 0.6) is 0 Å². The molecule has 0 fully saturated rings. The van der Waals surface area contributed by atoms with E-state index in [0.29, 0.717) is 0 Å². The fourth-order valence-corrected chi connectivity index (χ4v) is 1.40. The molecule has 0 amide bonds. The van der Waals surface area contributed by atoms with Crippen molar-refractivity contribution in [2.24, 2.45) is 0 Å². The van der Waals surface area contributed by atoms with E-state index < -0.39 is 43.5 Å². The molecule has 18 heteroatoms. The standard InChI is InChI=1S/C4F10O6S2/c5-1(6,19-21(15,16)3(9,10)11)2(7,8)20-22(17,18)4(12,13)14. The van der Waals surface area contributed by atoms with Crippen molar-refractivity contribution in [1.82, 2.24) is 0 Å². The van der Waals surface area contributed by atoms with Crippen molar-refractivity contribution < 1.29 is 69.1 Å². The molecular weight excluding hydrogens is 398 g/mol. The summed E-state index contributed by atoms with van der Waals surface area (Å²) in [6.45, 7) is 0. The van der Waals surface area contributed by atoms with Crippen LogP contribution in [0.2, 0.25) is 0 Å². The molecule has 0 unspecified atom stereocenters. The Balaban J connectivity index is 5.63. The van der Waals surface area contributed by atoms with Gasteiger partial charge in [-0.2, -0.15) is 69.1 Å². The van der Waals surface area contributed by atoms with Crippen LogP contribution < -0.4 is 0 Å². The molecule has 22 heavy (non-hydrogen) atoms. The van der Waals surface area contributed by atoms with Gasteiger partial charge >= 0.3 is 43.5 Å². The van der Waals surface area contributed by atoms with E-state index >= 15 is 0 Å². The van der Waals surface area contributed by atoms with Gasteiger partial charge in [0.1, 0.15) is 0 Å². The highest BCUT2D eigenvalue weighted by molar-refractivity contribution is 7.88. The highest BCUT2D eigenvalue weighted by Gasteiger charge is 2.70. The van der Waals surface area contributed by atoms with Gasteiger partial charge in [0, 0.05) is 0 Å². The first-order valence-corrected chi connectivity index (χ1v) is 6.77. The predicted molar refractivity (Wildman–Crippen MR) is 42.0 cm³/mol. The van der Waals surface area contributed by atoms with E-state index in [1.807, 2.05) is 0 Å². The van der Waals surface area contributed by atoms with Gasteiger partial charge in [0.15, 0.2) is 0 Å². The first-order chi connectivity index (χ1) is 9.16. The molecule has 0 N–H and O–H groups in total. The van der Waals surface area contributed by atoms with Crippen LogP contribution in [0.15, 0.2) is 0 Å². The van der Waals surface area contributed by atoms with Crippen molar-refractivity contribution >= 4 is 20.2 Å². The lowest BCUT2D eigenvalue weighted by Crippen LogP contribution is -2.50. The van der Waals surface area contributed by atoms with Crippen LogP contribution in [0, 0.1) is 0 Å². The Bertz CT molecular complexity index is 555. The Morgan fingerprint density at radius 1 is 0.500 bits per heavy atom. The summed E-state index contributed by atoms with van der Waals surface area (Å²) in [6, 6.07) is 0. The summed E-state index contributed by atoms with van der Waals surface area (Å²) < 4.78 is 164. The van der Waals surface area contributed by atoms with E-state index in [1.165, 1.54) is 0 Å². The van der Waals surface area contributed by atoms with Gasteiger partial charge in [0.25, 0.3) is 0 Å². The van der Waals surface area contributed by atoms with Crippen molar-refractivity contribution in [2.75, 3.05) is 0 Å². The van der Waals surface area contributed by atoms with Gasteiger partial charge in [-0.1, -0.05) is 0 Å². The molecule has 0 aliphatic carbocycles. The lowest BCUT2D eigenvalue weighted by Gasteiger charge is -2.24. The number of halogens is 10. The fraction of sp³-hybridized carbons (Fsp3) is 1.00. The SMILES string of the molecule is O=S(=O)(OC(F)(F)C(F)(F)OS(=O)(=O)C(F)(F)F)C(F)(F)F. The first kappa shape index (κ1) is 21.1. The van der Waals surface area contributed by atoms with E-state index in [4.69, 9.17) is 0 Å². The number of hydrogen-bond donors (Lipinski definition) is 0. The van der Waals surface area contributed by atoms with Crippen molar-refractivity contribution in [3.8, 4) is 0 Å². The van der Waals surface area contributed by atoms with Gasteiger partial charge in [-0.25, -0.2) is 0 Å². The van der Waals surface area contributed by atoms with Crippen molar-refractivity contribution in [3.63, 3.8) is 0 Å². The Morgan fingerprint density at radius 2 is 0.682 bits per heavy atom. The third kappa shape index (κ3) is 4.32. The summed E-state index contributed by atoms with van der Waals surface area (Å²) in [5.74, 6) is 0. The largest absolute Gasteiger partial charge is 0.523 e. The average Bonchev–Trinajstić information content (AvgIpc) is 2.09. The molecule has 0 atom stereocenters. The van der Waals surface area contributed by atoms with Crippen LogP contribution in [0.4, 0.5) is 43.9 Å². The molecule has 0 bridgehead atoms.